The van der Waals surface area contributed by atoms with Crippen LogP contribution < -0.4 is 26.2 Å². The quantitative estimate of drug-likeness (QED) is 0.123. The molecule has 17 nitrogen and oxygen atoms in total. The van der Waals surface area contributed by atoms with Gasteiger partial charge in [0.2, 0.25) is 23.7 Å². The lowest BCUT2D eigenvalue weighted by Gasteiger charge is -2.42. The Morgan fingerprint density at radius 1 is 0.879 bits per heavy atom. The molecule has 3 aromatic heterocycles. The number of likely N-dealkylation sites (tertiary alicyclic amines) is 1. The number of hydrogen-bond donors (Lipinski definition) is 5. The van der Waals surface area contributed by atoms with Crippen molar-refractivity contribution in [1.29, 1.82) is 0 Å². The van der Waals surface area contributed by atoms with Crippen molar-refractivity contribution in [2.24, 2.45) is 18.4 Å². The number of β-amino-alcohol motifs (C(OH)–C–C–N with tert-alkyl or cyclic N) is 1. The van der Waals surface area contributed by atoms with Gasteiger partial charge < -0.3 is 41.3 Å². The maximum Gasteiger partial charge on any atom is 0.246 e. The van der Waals surface area contributed by atoms with E-state index in [1.54, 1.807) is 23.0 Å². The number of nitrogens with one attached hydrogen (secondary N) is 2. The van der Waals surface area contributed by atoms with E-state index in [1.165, 1.54) is 4.90 Å². The van der Waals surface area contributed by atoms with Gasteiger partial charge in [-0.05, 0) is 90.8 Å². The molecule has 3 saturated heterocycles. The number of aromatic hydroxyl groups is 1. The summed E-state index contributed by atoms with van der Waals surface area (Å²) < 4.78 is 1.80. The van der Waals surface area contributed by atoms with Crippen molar-refractivity contribution in [2.75, 3.05) is 35.2 Å². The van der Waals surface area contributed by atoms with Crippen LogP contribution in [0.1, 0.15) is 82.8 Å². The lowest BCUT2D eigenvalue weighted by atomic mass is 9.78. The van der Waals surface area contributed by atoms with Crippen LogP contribution in [-0.4, -0.2) is 113 Å². The molecule has 4 aliphatic rings. The summed E-state index contributed by atoms with van der Waals surface area (Å²) in [5.41, 5.74) is 11.6. The molecule has 346 valence electrons. The Kier molecular flexibility index (Phi) is 12.4. The highest BCUT2D eigenvalue weighted by molar-refractivity contribution is 5.93. The first-order chi connectivity index (χ1) is 31.7. The van der Waals surface area contributed by atoms with Gasteiger partial charge in [0.1, 0.15) is 17.8 Å². The molecular formula is C49H60N12O5. The fourth-order valence-electron chi connectivity index (χ4n) is 10.4. The highest BCUT2D eigenvalue weighted by Gasteiger charge is 2.46. The van der Waals surface area contributed by atoms with E-state index in [2.05, 4.69) is 35.7 Å². The molecule has 5 aromatic rings. The Balaban J connectivity index is 0.781. The Morgan fingerprint density at radius 2 is 1.58 bits per heavy atom. The third-order valence-electron chi connectivity index (χ3n) is 14.1. The summed E-state index contributed by atoms with van der Waals surface area (Å²) >= 11 is 0. The molecule has 3 amide bonds. The van der Waals surface area contributed by atoms with E-state index in [4.69, 9.17) is 15.7 Å². The molecular weight excluding hydrogens is 837 g/mol. The second kappa shape index (κ2) is 18.3. The molecule has 17 heteroatoms. The van der Waals surface area contributed by atoms with E-state index >= 15 is 0 Å². The van der Waals surface area contributed by atoms with Crippen molar-refractivity contribution in [2.45, 2.75) is 108 Å². The van der Waals surface area contributed by atoms with E-state index in [0.717, 1.165) is 66.8 Å². The van der Waals surface area contributed by atoms with Crippen LogP contribution in [0.3, 0.4) is 0 Å². The molecule has 0 radical (unpaired) electrons. The number of nitrogen functional groups attached to an aromatic ring is 1. The molecule has 6 heterocycles. The minimum absolute atomic E-state index is 0.0173. The smallest absolute Gasteiger partial charge is 0.246 e. The van der Waals surface area contributed by atoms with E-state index in [-0.39, 0.29) is 66.9 Å². The maximum atomic E-state index is 14.3. The number of amides is 3. The zero-order chi connectivity index (χ0) is 46.3. The van der Waals surface area contributed by atoms with Crippen LogP contribution in [0.15, 0.2) is 79.3 Å². The van der Waals surface area contributed by atoms with Crippen LogP contribution in [0.25, 0.3) is 22.5 Å². The van der Waals surface area contributed by atoms with Gasteiger partial charge in [-0.3, -0.25) is 19.1 Å². The van der Waals surface area contributed by atoms with Crippen molar-refractivity contribution in [3.05, 3.63) is 90.4 Å². The van der Waals surface area contributed by atoms with Crippen LogP contribution in [0.4, 0.5) is 17.5 Å². The molecule has 9 rings (SSSR count). The summed E-state index contributed by atoms with van der Waals surface area (Å²) in [6.07, 6.45) is 9.79. The number of rotatable bonds is 11. The summed E-state index contributed by atoms with van der Waals surface area (Å²) in [7, 11) is 1.88. The molecule has 66 heavy (non-hydrogen) atoms. The van der Waals surface area contributed by atoms with Crippen LogP contribution >= 0.6 is 0 Å². The Labute approximate surface area is 384 Å². The number of fused-ring (bicyclic) bond motifs is 2. The van der Waals surface area contributed by atoms with Gasteiger partial charge in [0.25, 0.3) is 0 Å². The maximum absolute atomic E-state index is 14.3. The number of para-hydroxylation sites is 1. The minimum atomic E-state index is -0.888. The molecule has 0 spiro atoms. The van der Waals surface area contributed by atoms with Crippen molar-refractivity contribution < 1.29 is 24.6 Å². The predicted octanol–water partition coefficient (Wildman–Crippen LogP) is 4.56. The van der Waals surface area contributed by atoms with E-state index in [9.17, 15) is 24.6 Å². The summed E-state index contributed by atoms with van der Waals surface area (Å²) in [5, 5.41) is 39.9. The number of hydrogen-bond acceptors (Lipinski definition) is 13. The fourth-order valence-corrected chi connectivity index (χ4v) is 10.4. The first-order valence-electron chi connectivity index (χ1n) is 23.1. The minimum Gasteiger partial charge on any atom is -0.507 e. The van der Waals surface area contributed by atoms with Crippen molar-refractivity contribution in [3.63, 3.8) is 0 Å². The number of phenolic OH excluding ortho intramolecular Hbond substituents is 1. The first kappa shape index (κ1) is 44.6. The van der Waals surface area contributed by atoms with Gasteiger partial charge in [0.05, 0.1) is 23.2 Å². The number of anilines is 3. The number of aromatic nitrogens is 6. The predicted molar refractivity (Wildman–Crippen MR) is 250 cm³/mol. The van der Waals surface area contributed by atoms with Crippen molar-refractivity contribution in [1.82, 2.24) is 45.5 Å². The summed E-state index contributed by atoms with van der Waals surface area (Å²) in [5.74, 6) is 0.267. The number of carbonyl (C=O) groups is 3. The van der Waals surface area contributed by atoms with Crippen LogP contribution in [0.2, 0.25) is 0 Å². The van der Waals surface area contributed by atoms with Gasteiger partial charge in [0.15, 0.2) is 5.82 Å². The van der Waals surface area contributed by atoms with Gasteiger partial charge in [0, 0.05) is 81.8 Å². The number of aryl methyl sites for hydroxylation is 1. The molecule has 1 aliphatic carbocycles. The third-order valence-corrected chi connectivity index (χ3v) is 14.1. The van der Waals surface area contributed by atoms with Crippen LogP contribution in [0, 0.1) is 11.3 Å². The normalized spacial score (nSPS) is 23.4. The van der Waals surface area contributed by atoms with Gasteiger partial charge in [-0.1, -0.05) is 57.2 Å². The van der Waals surface area contributed by atoms with E-state index < -0.39 is 23.6 Å². The lowest BCUT2D eigenvalue weighted by molar-refractivity contribution is -0.144. The summed E-state index contributed by atoms with van der Waals surface area (Å²) in [6, 6.07) is 17.4. The van der Waals surface area contributed by atoms with Gasteiger partial charge >= 0.3 is 0 Å². The number of phenols is 1. The average molecular weight is 897 g/mol. The highest BCUT2D eigenvalue weighted by atomic mass is 16.3. The zero-order valence-electron chi connectivity index (χ0n) is 38.0. The number of piperazine rings is 1. The standard InChI is InChI=1S/C49H60N12O5/c1-49(2,3)43(47(66)60-28-36(62)21-41(60)46(65)51-23-29-9-11-31(12-10-29)39-19-20-54-58(39)4)55-45(64)32-15-13-30(14-16-32)33-24-52-48(53-25-33)61-34-17-18-35(61)27-59(26-34)40-22-38(56-57-44(40)50)37-7-5-6-8-42(37)63/h5-12,19-20,22,24-25,30,32,34-36,41,43,62-63H,13-18,21,23,26-28H2,1-4H3,(H2,50,57)(H,51,65)(H,55,64)/t30?,32?,34-,35?,36-,41+,43-/m1/s1. The number of nitrogens with two attached hydrogens (primary N) is 1. The molecule has 1 unspecified atom stereocenters. The second-order valence-corrected chi connectivity index (χ2v) is 19.5. The molecule has 4 fully saturated rings. The van der Waals surface area contributed by atoms with Gasteiger partial charge in [-0.2, -0.15) is 5.10 Å². The molecule has 1 saturated carbocycles. The third kappa shape index (κ3) is 9.13. The van der Waals surface area contributed by atoms with Crippen LogP contribution in [0.5, 0.6) is 5.75 Å². The topological polar surface area (TPSA) is 221 Å². The number of aliphatic hydroxyl groups excluding tert-OH is 1. The molecule has 2 bridgehead atoms. The highest BCUT2D eigenvalue weighted by Crippen LogP contribution is 2.40. The van der Waals surface area contributed by atoms with Gasteiger partial charge in [-0.15, -0.1) is 10.2 Å². The van der Waals surface area contributed by atoms with E-state index in [1.807, 2.05) is 88.7 Å². The SMILES string of the molecule is Cn1nccc1-c1ccc(CNC(=O)[C@@H]2C[C@@H](O)CN2C(=O)[C@@H](NC(=O)C2CCC(c3cnc(N4C5CC[C@@H]4CN(c4cc(-c6ccccc6O)nnc4N)C5)nc3)CC2)C(C)(C)C)cc1. The number of carbonyl (C=O) groups excluding carboxylic acids is 3. The monoisotopic (exact) mass is 896 g/mol. The fraction of sp³-hybridized carbons (Fsp3) is 0.469. The Hall–Kier alpha value is -6.62. The summed E-state index contributed by atoms with van der Waals surface area (Å²) in [6.45, 7) is 7.45. The lowest BCUT2D eigenvalue weighted by Crippen LogP contribution is -2.58. The number of nitrogens with zero attached hydrogens (tertiary/aromatic N) is 9. The average Bonchev–Trinajstić information content (AvgIpc) is 4.01. The largest absolute Gasteiger partial charge is 0.507 e. The Morgan fingerprint density at radius 3 is 2.23 bits per heavy atom. The Bertz CT molecular complexity index is 2540. The molecule has 3 aliphatic heterocycles. The molecule has 2 aromatic carbocycles. The zero-order valence-corrected chi connectivity index (χ0v) is 38.0. The summed E-state index contributed by atoms with van der Waals surface area (Å²) in [4.78, 5) is 57.6. The van der Waals surface area contributed by atoms with Crippen LogP contribution in [-0.2, 0) is 28.0 Å². The molecule has 5 atom stereocenters. The second-order valence-electron chi connectivity index (χ2n) is 19.5. The molecule has 6 N–H and O–H groups in total. The number of benzene rings is 2. The van der Waals surface area contributed by atoms with E-state index in [0.29, 0.717) is 35.9 Å². The van der Waals surface area contributed by atoms with Gasteiger partial charge in [-0.25, -0.2) is 9.97 Å². The van der Waals surface area contributed by atoms with Crippen molar-refractivity contribution >= 4 is 35.2 Å². The van der Waals surface area contributed by atoms with Crippen molar-refractivity contribution in [3.8, 4) is 28.3 Å². The number of aliphatic hydroxyl groups is 1. The first-order valence-corrected chi connectivity index (χ1v) is 23.1.